The largest absolute Gasteiger partial charge is 0.468 e. The highest BCUT2D eigenvalue weighted by molar-refractivity contribution is 5.80. The molecule has 1 amide bonds. The van der Waals surface area contributed by atoms with Gasteiger partial charge in [-0.05, 0) is 64.8 Å². The van der Waals surface area contributed by atoms with Crippen LogP contribution in [0.1, 0.15) is 57.8 Å². The number of nitrogens with zero attached hydrogens (tertiary/aromatic N) is 3. The number of piperidine rings is 2. The predicted octanol–water partition coefficient (Wildman–Crippen LogP) is 2.98. The quantitative estimate of drug-likeness (QED) is 0.522. The number of guanidine groups is 1. The lowest BCUT2D eigenvalue weighted by molar-refractivity contribution is 0.0963. The third-order valence-corrected chi connectivity index (χ3v) is 5.83. The summed E-state index contributed by atoms with van der Waals surface area (Å²) in [6.45, 7) is 9.40. The fourth-order valence-corrected chi connectivity index (χ4v) is 4.21. The minimum atomic E-state index is -0.209. The molecule has 1 atom stereocenters. The van der Waals surface area contributed by atoms with Crippen molar-refractivity contribution in [3.63, 3.8) is 0 Å². The Morgan fingerprint density at radius 3 is 2.63 bits per heavy atom. The first-order chi connectivity index (χ1) is 14.7. The molecule has 2 saturated heterocycles. The molecule has 0 aliphatic carbocycles. The van der Waals surface area contributed by atoms with E-state index in [1.807, 2.05) is 13.0 Å². The topological polar surface area (TPSA) is 82.3 Å². The molecule has 0 saturated carbocycles. The second kappa shape index (κ2) is 11.8. The average molecular weight is 420 g/mol. The van der Waals surface area contributed by atoms with Crippen LogP contribution in [-0.4, -0.2) is 73.8 Å². The highest BCUT2D eigenvalue weighted by Gasteiger charge is 2.26. The lowest BCUT2D eigenvalue weighted by atomic mass is 10.1. The molecule has 2 aliphatic rings. The molecule has 1 unspecified atom stereocenters. The van der Waals surface area contributed by atoms with Gasteiger partial charge in [-0.15, -0.1) is 0 Å². The van der Waals surface area contributed by atoms with Gasteiger partial charge >= 0.3 is 6.09 Å². The molecule has 2 aliphatic heterocycles. The molecule has 2 fully saturated rings. The lowest BCUT2D eigenvalue weighted by Gasteiger charge is -2.33. The molecule has 0 spiro atoms. The molecule has 3 rings (SSSR count). The fourth-order valence-electron chi connectivity index (χ4n) is 4.21. The summed E-state index contributed by atoms with van der Waals surface area (Å²) in [6, 6.07) is 4.48. The Morgan fingerprint density at radius 1 is 1.23 bits per heavy atom. The number of amides is 1. The number of carbonyl (C=O) groups excluding carboxylic acids is 1. The SMILES string of the molecule is CCNC(=NCC(c1ccco1)N1CCCCC1)NC1CCN(C(=O)OCC)CC1. The van der Waals surface area contributed by atoms with Crippen LogP contribution in [0.2, 0.25) is 0 Å². The Bertz CT molecular complexity index is 650. The first-order valence-corrected chi connectivity index (χ1v) is 11.4. The van der Waals surface area contributed by atoms with Gasteiger partial charge in [0.2, 0.25) is 0 Å². The summed E-state index contributed by atoms with van der Waals surface area (Å²) in [7, 11) is 0. The fraction of sp³-hybridized carbons (Fsp3) is 0.727. The number of nitrogens with one attached hydrogen (secondary N) is 2. The van der Waals surface area contributed by atoms with Gasteiger partial charge in [0, 0.05) is 25.7 Å². The van der Waals surface area contributed by atoms with Crippen molar-refractivity contribution in [3.8, 4) is 0 Å². The van der Waals surface area contributed by atoms with E-state index in [0.717, 1.165) is 44.2 Å². The van der Waals surface area contributed by atoms with Crippen LogP contribution in [0.25, 0.3) is 0 Å². The molecule has 3 heterocycles. The van der Waals surface area contributed by atoms with Crippen molar-refractivity contribution in [3.05, 3.63) is 24.2 Å². The Labute approximate surface area is 180 Å². The maximum Gasteiger partial charge on any atom is 0.409 e. The zero-order valence-corrected chi connectivity index (χ0v) is 18.4. The number of carbonyl (C=O) groups is 1. The molecule has 168 valence electrons. The van der Waals surface area contributed by atoms with Crippen LogP contribution in [0.3, 0.4) is 0 Å². The molecule has 1 aromatic rings. The van der Waals surface area contributed by atoms with E-state index in [-0.39, 0.29) is 12.1 Å². The van der Waals surface area contributed by atoms with E-state index in [0.29, 0.717) is 32.3 Å². The number of likely N-dealkylation sites (tertiary alicyclic amines) is 2. The third kappa shape index (κ3) is 6.39. The van der Waals surface area contributed by atoms with Crippen molar-refractivity contribution >= 4 is 12.1 Å². The van der Waals surface area contributed by atoms with Gasteiger partial charge in [0.15, 0.2) is 5.96 Å². The van der Waals surface area contributed by atoms with E-state index in [1.54, 1.807) is 11.2 Å². The summed E-state index contributed by atoms with van der Waals surface area (Å²) in [5.41, 5.74) is 0. The van der Waals surface area contributed by atoms with Crippen molar-refractivity contribution in [2.45, 2.75) is 58.0 Å². The lowest BCUT2D eigenvalue weighted by Crippen LogP contribution is -2.50. The van der Waals surface area contributed by atoms with E-state index in [2.05, 4.69) is 28.5 Å². The van der Waals surface area contributed by atoms with Gasteiger partial charge in [-0.3, -0.25) is 9.89 Å². The van der Waals surface area contributed by atoms with Gasteiger partial charge in [-0.2, -0.15) is 0 Å². The highest BCUT2D eigenvalue weighted by atomic mass is 16.6. The summed E-state index contributed by atoms with van der Waals surface area (Å²) in [6.07, 6.45) is 7.08. The van der Waals surface area contributed by atoms with Gasteiger partial charge in [0.05, 0.1) is 25.5 Å². The molecular formula is C22H37N5O3. The first-order valence-electron chi connectivity index (χ1n) is 11.4. The van der Waals surface area contributed by atoms with Gasteiger partial charge in [-0.25, -0.2) is 4.79 Å². The molecule has 1 aromatic heterocycles. The van der Waals surface area contributed by atoms with Crippen molar-refractivity contribution in [2.24, 2.45) is 4.99 Å². The van der Waals surface area contributed by atoms with E-state index in [1.165, 1.54) is 19.3 Å². The van der Waals surface area contributed by atoms with Gasteiger partial charge < -0.3 is 24.7 Å². The second-order valence-corrected chi connectivity index (χ2v) is 7.95. The Morgan fingerprint density at radius 2 is 2.00 bits per heavy atom. The normalized spacial score (nSPS) is 20.1. The Hall–Kier alpha value is -2.22. The number of aliphatic imine (C=N–C) groups is 1. The Balaban J connectivity index is 1.58. The van der Waals surface area contributed by atoms with Crippen molar-refractivity contribution in [2.75, 3.05) is 45.9 Å². The van der Waals surface area contributed by atoms with E-state index >= 15 is 0 Å². The van der Waals surface area contributed by atoms with Gasteiger partial charge in [-0.1, -0.05) is 6.42 Å². The highest BCUT2D eigenvalue weighted by Crippen LogP contribution is 2.25. The molecule has 0 radical (unpaired) electrons. The summed E-state index contributed by atoms with van der Waals surface area (Å²) >= 11 is 0. The minimum absolute atomic E-state index is 0.168. The van der Waals surface area contributed by atoms with Crippen LogP contribution < -0.4 is 10.6 Å². The molecule has 30 heavy (non-hydrogen) atoms. The molecular weight excluding hydrogens is 382 g/mol. The third-order valence-electron chi connectivity index (χ3n) is 5.83. The van der Waals surface area contributed by atoms with Crippen molar-refractivity contribution in [1.82, 2.24) is 20.4 Å². The summed E-state index contributed by atoms with van der Waals surface area (Å²) in [5.74, 6) is 1.82. The minimum Gasteiger partial charge on any atom is -0.468 e. The van der Waals surface area contributed by atoms with Gasteiger partial charge in [0.1, 0.15) is 5.76 Å². The zero-order valence-electron chi connectivity index (χ0n) is 18.4. The van der Waals surface area contributed by atoms with E-state index < -0.39 is 0 Å². The maximum atomic E-state index is 11.9. The van der Waals surface area contributed by atoms with Crippen LogP contribution in [0.15, 0.2) is 27.8 Å². The number of furan rings is 1. The van der Waals surface area contributed by atoms with Crippen LogP contribution in [-0.2, 0) is 4.74 Å². The first kappa shape index (κ1) is 22.5. The zero-order chi connectivity index (χ0) is 21.2. The molecule has 8 nitrogen and oxygen atoms in total. The van der Waals surface area contributed by atoms with Crippen molar-refractivity contribution in [1.29, 1.82) is 0 Å². The molecule has 0 aromatic carbocycles. The number of hydrogen-bond acceptors (Lipinski definition) is 5. The van der Waals surface area contributed by atoms with E-state index in [9.17, 15) is 4.79 Å². The van der Waals surface area contributed by atoms with E-state index in [4.69, 9.17) is 14.1 Å². The smallest absolute Gasteiger partial charge is 0.409 e. The average Bonchev–Trinajstić information content (AvgIpc) is 3.30. The standard InChI is InChI=1S/C22H37N5O3/c1-3-23-21(25-18-10-14-27(15-11-18)22(28)29-4-2)24-17-19(20-9-8-16-30-20)26-12-6-5-7-13-26/h8-9,16,18-19H,3-7,10-15,17H2,1-2H3,(H2,23,24,25). The molecule has 8 heteroatoms. The number of rotatable bonds is 7. The Kier molecular flexibility index (Phi) is 8.86. The van der Waals surface area contributed by atoms with Crippen LogP contribution in [0, 0.1) is 0 Å². The predicted molar refractivity (Wildman–Crippen MR) is 118 cm³/mol. The van der Waals surface area contributed by atoms with Crippen LogP contribution in [0.4, 0.5) is 4.79 Å². The summed E-state index contributed by atoms with van der Waals surface area (Å²) in [4.78, 5) is 21.1. The second-order valence-electron chi connectivity index (χ2n) is 7.95. The van der Waals surface area contributed by atoms with Crippen molar-refractivity contribution < 1.29 is 13.9 Å². The molecule has 2 N–H and O–H groups in total. The summed E-state index contributed by atoms with van der Waals surface area (Å²) < 4.78 is 10.9. The molecule has 0 bridgehead atoms. The number of ether oxygens (including phenoxy) is 1. The number of hydrogen-bond donors (Lipinski definition) is 2. The van der Waals surface area contributed by atoms with Crippen LogP contribution in [0.5, 0.6) is 0 Å². The van der Waals surface area contributed by atoms with Crippen LogP contribution >= 0.6 is 0 Å². The van der Waals surface area contributed by atoms with Gasteiger partial charge in [0.25, 0.3) is 0 Å². The summed E-state index contributed by atoms with van der Waals surface area (Å²) in [5, 5.41) is 6.94. The maximum absolute atomic E-state index is 11.9. The monoisotopic (exact) mass is 419 g/mol.